The minimum Gasteiger partial charge on any atom is -0.495 e. The molecule has 0 saturated carbocycles. The van der Waals surface area contributed by atoms with Gasteiger partial charge in [-0.2, -0.15) is 0 Å². The molecule has 1 aliphatic rings. The Hall–Kier alpha value is -3.16. The van der Waals surface area contributed by atoms with Crippen molar-refractivity contribution in [2.75, 3.05) is 40.3 Å². The summed E-state index contributed by atoms with van der Waals surface area (Å²) in [6.07, 6.45) is 3.57. The fourth-order valence-electron chi connectivity index (χ4n) is 4.83. The van der Waals surface area contributed by atoms with E-state index in [4.69, 9.17) is 35.3 Å². The van der Waals surface area contributed by atoms with Crippen LogP contribution in [0, 0.1) is 0 Å². The number of carbonyl (C=O) groups is 3. The first-order valence-electron chi connectivity index (χ1n) is 15.2. The van der Waals surface area contributed by atoms with Gasteiger partial charge in [0, 0.05) is 27.7 Å². The fraction of sp³-hybridized carbons (Fsp3) is 0.606. The second-order valence-electron chi connectivity index (χ2n) is 12.0. The number of cyclic esters (lactones) is 1. The summed E-state index contributed by atoms with van der Waals surface area (Å²) in [6.45, 7) is 8.97. The fourth-order valence-corrected chi connectivity index (χ4v) is 5.14. The second kappa shape index (κ2) is 17.1. The standard InChI is InChI=1S/C33H50ClN3O9/c1-11-23-19-33(41,36-31(40)45-23)26(43-9)14-12-13-20(2)15-22-16-24(29(34)25(17-22)42-8)37(7)28(38)18-27(32(4,5)44-10)46-30(39)21(3)35-6/h12-14,16-17,21,23,26-27,35,41H,11,15,18-19H2,1-10H3,(H,36,40)/b14-12+,20-13+/t21-,23+,26+,27-,33-/m0/s1. The number of likely N-dealkylation sites (N-methyl/N-ethyl adjacent to an activating group) is 1. The normalized spacial score (nSPS) is 20.8. The molecule has 1 aromatic rings. The van der Waals surface area contributed by atoms with Gasteiger partial charge in [0.1, 0.15) is 35.1 Å². The van der Waals surface area contributed by atoms with E-state index in [0.717, 1.165) is 11.1 Å². The van der Waals surface area contributed by atoms with Crippen LogP contribution in [0.2, 0.25) is 5.02 Å². The molecule has 5 atom stereocenters. The van der Waals surface area contributed by atoms with Gasteiger partial charge in [0.25, 0.3) is 0 Å². The van der Waals surface area contributed by atoms with E-state index < -0.39 is 47.7 Å². The van der Waals surface area contributed by atoms with Gasteiger partial charge in [-0.3, -0.25) is 14.9 Å². The molecule has 1 aliphatic heterocycles. The first-order chi connectivity index (χ1) is 21.5. The number of nitrogens with zero attached hydrogens (tertiary/aromatic N) is 1. The summed E-state index contributed by atoms with van der Waals surface area (Å²) in [6, 6.07) is 3.04. The Kier molecular flexibility index (Phi) is 14.5. The Balaban J connectivity index is 2.28. The molecule has 1 heterocycles. The van der Waals surface area contributed by atoms with Crippen LogP contribution >= 0.6 is 11.6 Å². The third kappa shape index (κ3) is 10.2. The molecule has 0 radical (unpaired) electrons. The van der Waals surface area contributed by atoms with Crippen molar-refractivity contribution in [3.8, 4) is 5.75 Å². The molecule has 258 valence electrons. The largest absolute Gasteiger partial charge is 0.495 e. The molecule has 1 saturated heterocycles. The third-order valence-electron chi connectivity index (χ3n) is 8.20. The number of hydrogen-bond donors (Lipinski definition) is 3. The number of aliphatic hydroxyl groups is 1. The Bertz CT molecular complexity index is 1290. The number of allylic oxidation sites excluding steroid dienone is 3. The summed E-state index contributed by atoms with van der Waals surface area (Å²) >= 11 is 6.67. The molecule has 13 heteroatoms. The van der Waals surface area contributed by atoms with Crippen molar-refractivity contribution in [2.45, 2.75) is 96.0 Å². The van der Waals surface area contributed by atoms with Crippen molar-refractivity contribution in [3.63, 3.8) is 0 Å². The number of benzene rings is 1. The van der Waals surface area contributed by atoms with Crippen molar-refractivity contribution < 1.29 is 43.2 Å². The SMILES string of the molecule is CC[C@@H]1C[C@](O)([C@@H](/C=C/C=C(\C)Cc2cc(OC)c(Cl)c(N(C)C(=O)C[C@H](OC(=O)[C@H](C)NC)C(C)(C)OC)c2)OC)NC(=O)O1. The Morgan fingerprint density at radius 2 is 1.98 bits per heavy atom. The van der Waals surface area contributed by atoms with Crippen molar-refractivity contribution in [1.82, 2.24) is 10.6 Å². The van der Waals surface area contributed by atoms with Crippen molar-refractivity contribution in [1.29, 1.82) is 0 Å². The molecule has 0 aromatic heterocycles. The van der Waals surface area contributed by atoms with Crippen LogP contribution in [-0.4, -0.2) is 94.2 Å². The molecule has 0 aliphatic carbocycles. The highest BCUT2D eigenvalue weighted by atomic mass is 35.5. The smallest absolute Gasteiger partial charge is 0.409 e. The molecule has 0 unspecified atom stereocenters. The Morgan fingerprint density at radius 3 is 2.54 bits per heavy atom. The first-order valence-corrected chi connectivity index (χ1v) is 15.6. The minimum atomic E-state index is -1.61. The maximum atomic E-state index is 13.5. The third-order valence-corrected chi connectivity index (χ3v) is 8.58. The van der Waals surface area contributed by atoms with Gasteiger partial charge in [0.2, 0.25) is 5.91 Å². The van der Waals surface area contributed by atoms with Gasteiger partial charge in [-0.25, -0.2) is 4.79 Å². The quantitative estimate of drug-likeness (QED) is 0.172. The van der Waals surface area contributed by atoms with E-state index >= 15 is 0 Å². The molecule has 2 amide bonds. The summed E-state index contributed by atoms with van der Waals surface area (Å²) in [5.74, 6) is -0.451. The first kappa shape index (κ1) is 39.0. The number of hydrogen-bond acceptors (Lipinski definition) is 10. The number of halogens is 1. The molecular formula is C33H50ClN3O9. The number of nitrogens with one attached hydrogen (secondary N) is 2. The minimum absolute atomic E-state index is 0.148. The number of carbonyl (C=O) groups excluding carboxylic acids is 3. The van der Waals surface area contributed by atoms with E-state index in [2.05, 4.69) is 10.6 Å². The van der Waals surface area contributed by atoms with Crippen LogP contribution in [0.15, 0.2) is 35.9 Å². The highest BCUT2D eigenvalue weighted by Gasteiger charge is 2.44. The topological polar surface area (TPSA) is 145 Å². The summed E-state index contributed by atoms with van der Waals surface area (Å²) in [5.41, 5.74) is -0.359. The number of amides is 2. The number of ether oxygens (including phenoxy) is 5. The van der Waals surface area contributed by atoms with Crippen LogP contribution < -0.4 is 20.3 Å². The highest BCUT2D eigenvalue weighted by Crippen LogP contribution is 2.37. The zero-order valence-electron chi connectivity index (χ0n) is 28.6. The van der Waals surface area contributed by atoms with Crippen LogP contribution in [0.3, 0.4) is 0 Å². The molecule has 12 nitrogen and oxygen atoms in total. The van der Waals surface area contributed by atoms with Crippen molar-refractivity contribution in [2.24, 2.45) is 0 Å². The van der Waals surface area contributed by atoms with Gasteiger partial charge in [0.05, 0.1) is 24.8 Å². The zero-order chi connectivity index (χ0) is 34.8. The summed E-state index contributed by atoms with van der Waals surface area (Å²) in [7, 11) is 7.69. The molecule has 2 rings (SSSR count). The Labute approximate surface area is 277 Å². The van der Waals surface area contributed by atoms with Crippen LogP contribution in [0.1, 0.15) is 59.4 Å². The molecule has 1 aromatic carbocycles. The molecule has 0 spiro atoms. The summed E-state index contributed by atoms with van der Waals surface area (Å²) < 4.78 is 27.5. The van der Waals surface area contributed by atoms with Crippen molar-refractivity contribution >= 4 is 35.3 Å². The number of anilines is 1. The predicted molar refractivity (Wildman–Crippen MR) is 176 cm³/mol. The lowest BCUT2D eigenvalue weighted by Crippen LogP contribution is -2.62. The summed E-state index contributed by atoms with van der Waals surface area (Å²) in [5, 5.41) is 16.7. The van der Waals surface area contributed by atoms with Crippen LogP contribution in [-0.2, 0) is 35.0 Å². The van der Waals surface area contributed by atoms with E-state index in [0.29, 0.717) is 24.3 Å². The summed E-state index contributed by atoms with van der Waals surface area (Å²) in [4.78, 5) is 39.5. The maximum Gasteiger partial charge on any atom is 0.409 e. The number of alkyl carbamates (subject to hydrolysis) is 1. The predicted octanol–water partition coefficient (Wildman–Crippen LogP) is 4.30. The number of esters is 1. The van der Waals surface area contributed by atoms with Gasteiger partial charge < -0.3 is 39.0 Å². The van der Waals surface area contributed by atoms with Crippen molar-refractivity contribution in [3.05, 3.63) is 46.5 Å². The molecule has 46 heavy (non-hydrogen) atoms. The van der Waals surface area contributed by atoms with E-state index in [1.54, 1.807) is 59.2 Å². The van der Waals surface area contributed by atoms with Gasteiger partial charge in [-0.1, -0.05) is 42.3 Å². The number of rotatable bonds is 16. The van der Waals surface area contributed by atoms with Gasteiger partial charge >= 0.3 is 12.1 Å². The average molecular weight is 668 g/mol. The lowest BCUT2D eigenvalue weighted by molar-refractivity contribution is -0.168. The van der Waals surface area contributed by atoms with E-state index in [-0.39, 0.29) is 23.8 Å². The van der Waals surface area contributed by atoms with E-state index in [1.165, 1.54) is 26.2 Å². The van der Waals surface area contributed by atoms with Gasteiger partial charge in [-0.05, 0) is 65.3 Å². The molecule has 3 N–H and O–H groups in total. The van der Waals surface area contributed by atoms with Gasteiger partial charge in [0.15, 0.2) is 5.72 Å². The lowest BCUT2D eigenvalue weighted by Gasteiger charge is -2.40. The lowest BCUT2D eigenvalue weighted by atomic mass is 9.95. The zero-order valence-corrected chi connectivity index (χ0v) is 29.3. The Morgan fingerprint density at radius 1 is 1.30 bits per heavy atom. The van der Waals surface area contributed by atoms with Crippen LogP contribution in [0.4, 0.5) is 10.5 Å². The monoisotopic (exact) mass is 667 g/mol. The van der Waals surface area contributed by atoms with Crippen LogP contribution in [0.25, 0.3) is 0 Å². The molecule has 1 fully saturated rings. The molecule has 0 bridgehead atoms. The molecular weight excluding hydrogens is 618 g/mol. The number of methoxy groups -OCH3 is 3. The maximum absolute atomic E-state index is 13.5. The van der Waals surface area contributed by atoms with E-state index in [1.807, 2.05) is 19.9 Å². The second-order valence-corrected chi connectivity index (χ2v) is 12.3. The van der Waals surface area contributed by atoms with Gasteiger partial charge in [-0.15, -0.1) is 0 Å². The van der Waals surface area contributed by atoms with Crippen LogP contribution in [0.5, 0.6) is 5.75 Å². The highest BCUT2D eigenvalue weighted by molar-refractivity contribution is 6.35. The van der Waals surface area contributed by atoms with E-state index in [9.17, 15) is 19.5 Å². The average Bonchev–Trinajstić information content (AvgIpc) is 3.01.